The molecule has 4 rings (SSSR count). The maximum atomic E-state index is 13.7. The molecule has 10 heteroatoms. The summed E-state index contributed by atoms with van der Waals surface area (Å²) in [5, 5.41) is 4.78. The normalized spacial score (nSPS) is 14.3. The van der Waals surface area contributed by atoms with Gasteiger partial charge in [-0.25, -0.2) is 10.6 Å². The van der Waals surface area contributed by atoms with E-state index in [1.165, 1.54) is 23.5 Å². The Morgan fingerprint density at radius 2 is 1.79 bits per heavy atom. The molecule has 1 aliphatic heterocycles. The molecule has 0 spiro atoms. The number of esters is 1. The molecule has 0 fully saturated rings. The monoisotopic (exact) mass is 601 g/mol. The Kier molecular flexibility index (Phi) is 9.90. The molecule has 224 valence electrons. The molecule has 1 unspecified atom stereocenters. The maximum absolute atomic E-state index is 13.7. The van der Waals surface area contributed by atoms with Crippen LogP contribution in [0.3, 0.4) is 0 Å². The van der Waals surface area contributed by atoms with Crippen molar-refractivity contribution >= 4 is 46.3 Å². The zero-order valence-electron chi connectivity index (χ0n) is 24.4. The van der Waals surface area contributed by atoms with Gasteiger partial charge in [-0.2, -0.15) is 0 Å². The lowest BCUT2D eigenvalue weighted by Crippen LogP contribution is -2.49. The summed E-state index contributed by atoms with van der Waals surface area (Å²) >= 11 is 6.29. The SMILES string of the molecule is CC(C)(C)OC(=O)c1ccc(NC(=O)C(Cc2ccccc2)N2CCC(c3cc(Cl)ccc3N(N)/C=C\N)=CC2=O)cc1. The number of nitrogens with one attached hydrogen (secondary N) is 1. The minimum absolute atomic E-state index is 0.302. The number of hydrogen-bond acceptors (Lipinski definition) is 7. The van der Waals surface area contributed by atoms with Gasteiger partial charge in [0.25, 0.3) is 0 Å². The van der Waals surface area contributed by atoms with Crippen LogP contribution in [0.2, 0.25) is 5.02 Å². The van der Waals surface area contributed by atoms with E-state index in [0.717, 1.165) is 11.1 Å². The van der Waals surface area contributed by atoms with E-state index in [1.54, 1.807) is 68.1 Å². The summed E-state index contributed by atoms with van der Waals surface area (Å²) in [4.78, 5) is 41.3. The minimum atomic E-state index is -0.789. The number of carbonyl (C=O) groups is 3. The van der Waals surface area contributed by atoms with Gasteiger partial charge in [0.05, 0.1) is 11.3 Å². The molecule has 2 amide bonds. The van der Waals surface area contributed by atoms with E-state index < -0.39 is 17.6 Å². The van der Waals surface area contributed by atoms with Gasteiger partial charge in [-0.15, -0.1) is 0 Å². The van der Waals surface area contributed by atoms with Gasteiger partial charge in [0.2, 0.25) is 11.8 Å². The standard InChI is InChI=1S/C33H36ClN5O4/c1-33(2,3)43-32(42)23-9-12-26(13-10-23)37-31(41)29(19-22-7-5-4-6-8-22)38-17-15-24(20-30(38)40)27-21-25(34)11-14-28(27)39(36)18-16-35/h4-14,16,18,20-21,29H,15,17,19,35-36H2,1-3H3,(H,37,41)/b18-16-. The van der Waals surface area contributed by atoms with Crippen molar-refractivity contribution in [3.8, 4) is 0 Å². The number of benzene rings is 3. The van der Waals surface area contributed by atoms with Crippen molar-refractivity contribution in [3.05, 3.63) is 113 Å². The summed E-state index contributed by atoms with van der Waals surface area (Å²) in [5.74, 6) is 5.05. The summed E-state index contributed by atoms with van der Waals surface area (Å²) in [6.45, 7) is 5.70. The molecule has 0 aromatic heterocycles. The van der Waals surface area contributed by atoms with Crippen LogP contribution in [0.4, 0.5) is 11.4 Å². The van der Waals surface area contributed by atoms with Crippen LogP contribution >= 0.6 is 11.6 Å². The quantitative estimate of drug-likeness (QED) is 0.173. The van der Waals surface area contributed by atoms with E-state index >= 15 is 0 Å². The number of anilines is 2. The van der Waals surface area contributed by atoms with Crippen molar-refractivity contribution in [1.29, 1.82) is 0 Å². The fraction of sp³-hybridized carbons (Fsp3) is 0.242. The van der Waals surface area contributed by atoms with Crippen molar-refractivity contribution in [3.63, 3.8) is 0 Å². The van der Waals surface area contributed by atoms with Crippen LogP contribution in [0, 0.1) is 0 Å². The molecule has 1 heterocycles. The first kappa shape index (κ1) is 31.3. The number of rotatable bonds is 9. The van der Waals surface area contributed by atoms with E-state index in [1.807, 2.05) is 30.3 Å². The highest BCUT2D eigenvalue weighted by Gasteiger charge is 2.32. The van der Waals surface area contributed by atoms with Gasteiger partial charge in [-0.1, -0.05) is 41.9 Å². The van der Waals surface area contributed by atoms with Crippen molar-refractivity contribution in [2.75, 3.05) is 16.9 Å². The zero-order valence-corrected chi connectivity index (χ0v) is 25.2. The highest BCUT2D eigenvalue weighted by molar-refractivity contribution is 6.31. The second-order valence-corrected chi connectivity index (χ2v) is 11.6. The topological polar surface area (TPSA) is 131 Å². The molecule has 0 saturated carbocycles. The average Bonchev–Trinajstić information content (AvgIpc) is 2.96. The fourth-order valence-electron chi connectivity index (χ4n) is 4.77. The van der Waals surface area contributed by atoms with E-state index in [0.29, 0.717) is 46.9 Å². The lowest BCUT2D eigenvalue weighted by molar-refractivity contribution is -0.135. The third-order valence-electron chi connectivity index (χ3n) is 6.77. The van der Waals surface area contributed by atoms with Crippen molar-refractivity contribution < 1.29 is 19.1 Å². The van der Waals surface area contributed by atoms with Crippen LogP contribution < -0.4 is 21.9 Å². The molecule has 1 atom stereocenters. The summed E-state index contributed by atoms with van der Waals surface area (Å²) < 4.78 is 5.42. The van der Waals surface area contributed by atoms with Crippen molar-refractivity contribution in [2.24, 2.45) is 11.6 Å². The number of ether oxygens (including phenoxy) is 1. The fourth-order valence-corrected chi connectivity index (χ4v) is 4.95. The Bertz CT molecular complexity index is 1530. The molecule has 1 aliphatic rings. The van der Waals surface area contributed by atoms with Crippen LogP contribution in [-0.2, 0) is 20.7 Å². The number of nitrogens with two attached hydrogens (primary N) is 2. The molecule has 0 aliphatic carbocycles. The van der Waals surface area contributed by atoms with Crippen LogP contribution in [0.1, 0.15) is 48.7 Å². The summed E-state index contributed by atoms with van der Waals surface area (Å²) in [7, 11) is 0. The third kappa shape index (κ3) is 8.24. The van der Waals surface area contributed by atoms with Crippen molar-refractivity contribution in [1.82, 2.24) is 4.90 Å². The maximum Gasteiger partial charge on any atom is 0.338 e. The lowest BCUT2D eigenvalue weighted by Gasteiger charge is -2.34. The Balaban J connectivity index is 1.58. The van der Waals surface area contributed by atoms with Gasteiger partial charge >= 0.3 is 5.97 Å². The largest absolute Gasteiger partial charge is 0.456 e. The lowest BCUT2D eigenvalue weighted by atomic mass is 9.95. The minimum Gasteiger partial charge on any atom is -0.456 e. The molecule has 3 aromatic rings. The van der Waals surface area contributed by atoms with Crippen LogP contribution in [-0.4, -0.2) is 40.9 Å². The van der Waals surface area contributed by atoms with Gasteiger partial charge < -0.3 is 20.7 Å². The van der Waals surface area contributed by atoms with Crippen molar-refractivity contribution in [2.45, 2.75) is 45.3 Å². The summed E-state index contributed by atoms with van der Waals surface area (Å²) in [6.07, 6.45) is 5.14. The second kappa shape index (κ2) is 13.6. The molecule has 43 heavy (non-hydrogen) atoms. The smallest absolute Gasteiger partial charge is 0.338 e. The van der Waals surface area contributed by atoms with E-state index in [4.69, 9.17) is 27.9 Å². The number of amides is 2. The van der Waals surface area contributed by atoms with Crippen LogP contribution in [0.5, 0.6) is 0 Å². The van der Waals surface area contributed by atoms with Gasteiger partial charge in [0.1, 0.15) is 11.6 Å². The molecule has 3 aromatic carbocycles. The summed E-state index contributed by atoms with van der Waals surface area (Å²) in [5.41, 5.74) is 8.77. The Morgan fingerprint density at radius 3 is 2.42 bits per heavy atom. The zero-order chi connectivity index (χ0) is 31.1. The molecular weight excluding hydrogens is 566 g/mol. The van der Waals surface area contributed by atoms with E-state index in [9.17, 15) is 14.4 Å². The number of nitrogens with zero attached hydrogens (tertiary/aromatic N) is 2. The number of carbonyl (C=O) groups excluding carboxylic acids is 3. The molecule has 9 nitrogen and oxygen atoms in total. The Morgan fingerprint density at radius 1 is 1.09 bits per heavy atom. The Hall–Kier alpha value is -4.60. The highest BCUT2D eigenvalue weighted by Crippen LogP contribution is 2.34. The van der Waals surface area contributed by atoms with Gasteiger partial charge in [0.15, 0.2) is 0 Å². The number of halogens is 1. The average molecular weight is 602 g/mol. The molecule has 0 bridgehead atoms. The van der Waals surface area contributed by atoms with Crippen LogP contribution in [0.15, 0.2) is 91.3 Å². The number of hydrazine groups is 1. The molecule has 5 N–H and O–H groups in total. The van der Waals surface area contributed by atoms with Gasteiger partial charge in [-0.3, -0.25) is 14.6 Å². The van der Waals surface area contributed by atoms with E-state index in [-0.39, 0.29) is 11.8 Å². The molecule has 0 radical (unpaired) electrons. The first-order valence-corrected chi connectivity index (χ1v) is 14.2. The molecular formula is C33H36ClN5O4. The molecule has 0 saturated heterocycles. The van der Waals surface area contributed by atoms with Gasteiger partial charge in [-0.05, 0) is 80.8 Å². The third-order valence-corrected chi connectivity index (χ3v) is 7.01. The van der Waals surface area contributed by atoms with E-state index in [2.05, 4.69) is 5.32 Å². The van der Waals surface area contributed by atoms with Crippen LogP contribution in [0.25, 0.3) is 5.57 Å². The predicted molar refractivity (Wildman–Crippen MR) is 170 cm³/mol. The number of hydrogen-bond donors (Lipinski definition) is 3. The summed E-state index contributed by atoms with van der Waals surface area (Å²) in [6, 6.07) is 20.4. The predicted octanol–water partition coefficient (Wildman–Crippen LogP) is 5.27. The second-order valence-electron chi connectivity index (χ2n) is 11.1. The Labute approximate surface area is 256 Å². The first-order valence-electron chi connectivity index (χ1n) is 13.9. The highest BCUT2D eigenvalue weighted by atomic mass is 35.5. The van der Waals surface area contributed by atoms with Gasteiger partial charge in [0, 0.05) is 47.7 Å². The first-order chi connectivity index (χ1) is 20.4.